The highest BCUT2D eigenvalue weighted by molar-refractivity contribution is 6.06. The van der Waals surface area contributed by atoms with E-state index in [1.54, 1.807) is 0 Å². The summed E-state index contributed by atoms with van der Waals surface area (Å²) >= 11 is 0. The molecule has 0 N–H and O–H groups in total. The second kappa shape index (κ2) is 3.85. The number of hydrogen-bond acceptors (Lipinski definition) is 2. The molecular weight excluding hydrogens is 198 g/mol. The summed E-state index contributed by atoms with van der Waals surface area (Å²) in [4.78, 5) is 15.4. The van der Waals surface area contributed by atoms with Crippen molar-refractivity contribution in [2.24, 2.45) is 10.4 Å². The van der Waals surface area contributed by atoms with Crippen molar-refractivity contribution in [3.63, 3.8) is 0 Å². The van der Waals surface area contributed by atoms with Crippen LogP contribution in [0, 0.1) is 5.41 Å². The highest BCUT2D eigenvalue weighted by atomic mass is 16.1. The average Bonchev–Trinajstić information content (AvgIpc) is 2.26. The maximum atomic E-state index is 10.8. The summed E-state index contributed by atoms with van der Waals surface area (Å²) in [5.74, 6) is 0. The molecule has 0 aromatic heterocycles. The number of rotatable bonds is 1. The Morgan fingerprint density at radius 1 is 1.31 bits per heavy atom. The summed E-state index contributed by atoms with van der Waals surface area (Å²) in [5.41, 5.74) is 4.36. The summed E-state index contributed by atoms with van der Waals surface area (Å²) in [5, 5.41) is 0. The maximum absolute atomic E-state index is 10.8. The van der Waals surface area contributed by atoms with Crippen molar-refractivity contribution in [3.05, 3.63) is 34.9 Å². The molecule has 0 saturated heterocycles. The molecule has 1 aromatic rings. The highest BCUT2D eigenvalue weighted by Crippen LogP contribution is 2.28. The smallest absolute Gasteiger partial charge is 0.150 e. The molecule has 0 atom stereocenters. The molecule has 0 bridgehead atoms. The van der Waals surface area contributed by atoms with Gasteiger partial charge in [0.1, 0.15) is 6.29 Å². The van der Waals surface area contributed by atoms with E-state index < -0.39 is 0 Å². The molecule has 2 heteroatoms. The minimum atomic E-state index is 0.0384. The quantitative estimate of drug-likeness (QED) is 0.662. The topological polar surface area (TPSA) is 29.4 Å². The first-order valence-electron chi connectivity index (χ1n) is 5.66. The Balaban J connectivity index is 2.55. The molecule has 0 fully saturated rings. The van der Waals surface area contributed by atoms with Crippen LogP contribution in [0.4, 0.5) is 0 Å². The minimum absolute atomic E-state index is 0.0384. The SMILES string of the molecule is CC(C)(C)C1=NCCc2ccc(C=O)cc21. The van der Waals surface area contributed by atoms with E-state index in [0.717, 1.165) is 36.1 Å². The zero-order chi connectivity index (χ0) is 11.8. The predicted molar refractivity (Wildman–Crippen MR) is 66.4 cm³/mol. The average molecular weight is 215 g/mol. The van der Waals surface area contributed by atoms with Gasteiger partial charge in [-0.25, -0.2) is 0 Å². The van der Waals surface area contributed by atoms with Crippen molar-refractivity contribution >= 4 is 12.0 Å². The first-order chi connectivity index (χ1) is 7.52. The molecule has 2 rings (SSSR count). The first-order valence-corrected chi connectivity index (χ1v) is 5.66. The second-order valence-corrected chi connectivity index (χ2v) is 5.26. The van der Waals surface area contributed by atoms with E-state index in [1.165, 1.54) is 5.56 Å². The summed E-state index contributed by atoms with van der Waals surface area (Å²) in [7, 11) is 0. The Morgan fingerprint density at radius 3 is 2.69 bits per heavy atom. The van der Waals surface area contributed by atoms with Crippen molar-refractivity contribution < 1.29 is 4.79 Å². The van der Waals surface area contributed by atoms with Crippen LogP contribution in [-0.2, 0) is 6.42 Å². The third-order valence-corrected chi connectivity index (χ3v) is 2.89. The van der Waals surface area contributed by atoms with Crippen molar-refractivity contribution in [2.45, 2.75) is 27.2 Å². The number of carbonyl (C=O) groups excluding carboxylic acids is 1. The standard InChI is InChI=1S/C14H17NO/c1-14(2,3)13-12-8-10(9-16)4-5-11(12)6-7-15-13/h4-5,8-9H,6-7H2,1-3H3. The van der Waals surface area contributed by atoms with Crippen LogP contribution in [0.2, 0.25) is 0 Å². The third-order valence-electron chi connectivity index (χ3n) is 2.89. The second-order valence-electron chi connectivity index (χ2n) is 5.26. The van der Waals surface area contributed by atoms with Crippen LogP contribution in [0.5, 0.6) is 0 Å². The molecule has 2 nitrogen and oxygen atoms in total. The maximum Gasteiger partial charge on any atom is 0.150 e. The van der Waals surface area contributed by atoms with Crippen molar-refractivity contribution in [3.8, 4) is 0 Å². The van der Waals surface area contributed by atoms with Crippen LogP contribution in [0.3, 0.4) is 0 Å². The van der Waals surface area contributed by atoms with Crippen LogP contribution in [0.25, 0.3) is 0 Å². The number of aldehydes is 1. The van der Waals surface area contributed by atoms with Gasteiger partial charge in [-0.1, -0.05) is 32.9 Å². The summed E-state index contributed by atoms with van der Waals surface area (Å²) in [6.07, 6.45) is 1.88. The Morgan fingerprint density at radius 2 is 2.06 bits per heavy atom. The largest absolute Gasteiger partial charge is 0.298 e. The fourth-order valence-corrected chi connectivity index (χ4v) is 2.12. The Bertz CT molecular complexity index is 452. The normalized spacial score (nSPS) is 15.3. The van der Waals surface area contributed by atoms with Gasteiger partial charge in [-0.3, -0.25) is 9.79 Å². The zero-order valence-corrected chi connectivity index (χ0v) is 10.1. The number of carbonyl (C=O) groups is 1. The van der Waals surface area contributed by atoms with Crippen molar-refractivity contribution in [2.75, 3.05) is 6.54 Å². The van der Waals surface area contributed by atoms with E-state index >= 15 is 0 Å². The highest BCUT2D eigenvalue weighted by Gasteiger charge is 2.25. The predicted octanol–water partition coefficient (Wildman–Crippen LogP) is 2.89. The minimum Gasteiger partial charge on any atom is -0.298 e. The van der Waals surface area contributed by atoms with E-state index in [-0.39, 0.29) is 5.41 Å². The lowest BCUT2D eigenvalue weighted by Gasteiger charge is -2.27. The van der Waals surface area contributed by atoms with Gasteiger partial charge < -0.3 is 0 Å². The van der Waals surface area contributed by atoms with Gasteiger partial charge in [0, 0.05) is 23.2 Å². The summed E-state index contributed by atoms with van der Waals surface area (Å²) in [6.45, 7) is 7.34. The van der Waals surface area contributed by atoms with E-state index in [0.29, 0.717) is 0 Å². The van der Waals surface area contributed by atoms with Crippen LogP contribution >= 0.6 is 0 Å². The van der Waals surface area contributed by atoms with Gasteiger partial charge in [0.25, 0.3) is 0 Å². The summed E-state index contributed by atoms with van der Waals surface area (Å²) < 4.78 is 0. The third kappa shape index (κ3) is 1.92. The lowest BCUT2D eigenvalue weighted by atomic mass is 9.81. The molecule has 0 unspecified atom stereocenters. The van der Waals surface area contributed by atoms with Gasteiger partial charge in [-0.15, -0.1) is 0 Å². The van der Waals surface area contributed by atoms with Crippen LogP contribution in [0.1, 0.15) is 42.3 Å². The molecule has 0 saturated carbocycles. The number of benzene rings is 1. The van der Waals surface area contributed by atoms with Crippen molar-refractivity contribution in [1.29, 1.82) is 0 Å². The van der Waals surface area contributed by atoms with E-state index in [1.807, 2.05) is 12.1 Å². The van der Waals surface area contributed by atoms with Crippen LogP contribution in [0.15, 0.2) is 23.2 Å². The molecule has 0 amide bonds. The molecule has 1 heterocycles. The van der Waals surface area contributed by atoms with Gasteiger partial charge >= 0.3 is 0 Å². The fourth-order valence-electron chi connectivity index (χ4n) is 2.12. The molecule has 16 heavy (non-hydrogen) atoms. The number of hydrogen-bond donors (Lipinski definition) is 0. The van der Waals surface area contributed by atoms with E-state index in [2.05, 4.69) is 31.8 Å². The Kier molecular flexibility index (Phi) is 2.66. The molecule has 1 aliphatic rings. The lowest BCUT2D eigenvalue weighted by molar-refractivity contribution is 0.112. The number of fused-ring (bicyclic) bond motifs is 1. The van der Waals surface area contributed by atoms with Crippen LogP contribution < -0.4 is 0 Å². The molecule has 0 aliphatic carbocycles. The van der Waals surface area contributed by atoms with Gasteiger partial charge in [-0.05, 0) is 23.6 Å². The number of nitrogens with zero attached hydrogens (tertiary/aromatic N) is 1. The van der Waals surface area contributed by atoms with Gasteiger partial charge in [0.15, 0.2) is 0 Å². The molecule has 1 aromatic carbocycles. The molecular formula is C14H17NO. The van der Waals surface area contributed by atoms with Crippen molar-refractivity contribution in [1.82, 2.24) is 0 Å². The number of aliphatic imine (C=N–C) groups is 1. The monoisotopic (exact) mass is 215 g/mol. The summed E-state index contributed by atoms with van der Waals surface area (Å²) in [6, 6.07) is 5.91. The van der Waals surface area contributed by atoms with Crippen LogP contribution in [-0.4, -0.2) is 18.5 Å². The van der Waals surface area contributed by atoms with Gasteiger partial charge in [0.2, 0.25) is 0 Å². The Hall–Kier alpha value is -1.44. The van der Waals surface area contributed by atoms with E-state index in [4.69, 9.17) is 0 Å². The molecule has 0 radical (unpaired) electrons. The molecule has 0 spiro atoms. The fraction of sp³-hybridized carbons (Fsp3) is 0.429. The zero-order valence-electron chi connectivity index (χ0n) is 10.1. The van der Waals surface area contributed by atoms with E-state index in [9.17, 15) is 4.79 Å². The molecule has 1 aliphatic heterocycles. The molecule has 84 valence electrons. The lowest BCUT2D eigenvalue weighted by Crippen LogP contribution is -2.26. The first kappa shape index (κ1) is 11.1. The van der Waals surface area contributed by atoms with Gasteiger partial charge in [-0.2, -0.15) is 0 Å². The van der Waals surface area contributed by atoms with Gasteiger partial charge in [0.05, 0.1) is 0 Å². The Labute approximate surface area is 96.4 Å².